The van der Waals surface area contributed by atoms with Gasteiger partial charge in [-0.1, -0.05) is 24.3 Å². The lowest BCUT2D eigenvalue weighted by atomic mass is 10.2. The van der Waals surface area contributed by atoms with Gasteiger partial charge in [-0.25, -0.2) is 4.98 Å². The van der Waals surface area contributed by atoms with Gasteiger partial charge in [0.2, 0.25) is 0 Å². The molecule has 0 fully saturated rings. The van der Waals surface area contributed by atoms with E-state index in [4.69, 9.17) is 4.74 Å². The summed E-state index contributed by atoms with van der Waals surface area (Å²) in [6.45, 7) is 1.86. The lowest BCUT2D eigenvalue weighted by Crippen LogP contribution is -2.35. The number of carbonyl (C=O) groups excluding carboxylic acids is 1. The Bertz CT molecular complexity index is 1080. The van der Waals surface area contributed by atoms with E-state index in [1.54, 1.807) is 37.3 Å². The maximum absolute atomic E-state index is 12.5. The molecule has 2 aromatic carbocycles. The molecular weight excluding hydrogens is 364 g/mol. The van der Waals surface area contributed by atoms with Crippen LogP contribution in [-0.2, 0) is 11.3 Å². The summed E-state index contributed by atoms with van der Waals surface area (Å²) >= 11 is 0. The van der Waals surface area contributed by atoms with Crippen LogP contribution in [0.2, 0.25) is 0 Å². The quantitative estimate of drug-likeness (QED) is 0.495. The number of nitrogens with one attached hydrogen (secondary N) is 1. The van der Waals surface area contributed by atoms with Crippen molar-refractivity contribution in [2.24, 2.45) is 0 Å². The average Bonchev–Trinajstić information content (AvgIpc) is 2.70. The highest BCUT2D eigenvalue weighted by atomic mass is 16.6. The largest absolute Gasteiger partial charge is 0.477 e. The highest BCUT2D eigenvalue weighted by Gasteiger charge is 2.18. The van der Waals surface area contributed by atoms with Crippen LogP contribution in [0.4, 0.5) is 5.69 Å². The fraction of sp³-hybridized carbons (Fsp3) is 0.211. The minimum Gasteiger partial charge on any atom is -0.477 e. The zero-order valence-electron chi connectivity index (χ0n) is 15.1. The summed E-state index contributed by atoms with van der Waals surface area (Å²) in [4.78, 5) is 43.6. The third-order valence-corrected chi connectivity index (χ3v) is 4.15. The summed E-state index contributed by atoms with van der Waals surface area (Å²) in [6, 6.07) is 12.8. The van der Waals surface area contributed by atoms with Crippen LogP contribution in [0.15, 0.2) is 53.3 Å². The summed E-state index contributed by atoms with van der Waals surface area (Å²) in [5.41, 5.74) is 0.0556. The number of carbonyl (C=O) groups is 1. The van der Waals surface area contributed by atoms with Gasteiger partial charge in [0, 0.05) is 12.6 Å². The molecule has 28 heavy (non-hydrogen) atoms. The number of nitro benzene ring substituents is 1. The Kier molecular flexibility index (Phi) is 5.64. The molecule has 0 saturated carbocycles. The second-order valence-corrected chi connectivity index (χ2v) is 5.95. The van der Waals surface area contributed by atoms with Crippen LogP contribution >= 0.6 is 0 Å². The molecule has 144 valence electrons. The second kappa shape index (κ2) is 8.30. The van der Waals surface area contributed by atoms with E-state index in [0.717, 1.165) is 0 Å². The van der Waals surface area contributed by atoms with Gasteiger partial charge in [-0.05, 0) is 25.1 Å². The Morgan fingerprint density at radius 1 is 1.21 bits per heavy atom. The summed E-state index contributed by atoms with van der Waals surface area (Å²) in [5, 5.41) is 11.5. The lowest BCUT2D eigenvalue weighted by molar-refractivity contribution is -0.385. The maximum atomic E-state index is 12.5. The van der Waals surface area contributed by atoms with E-state index in [0.29, 0.717) is 23.3 Å². The van der Waals surface area contributed by atoms with E-state index < -0.39 is 4.92 Å². The molecule has 0 radical (unpaired) electrons. The monoisotopic (exact) mass is 382 g/mol. The summed E-state index contributed by atoms with van der Waals surface area (Å²) in [5.74, 6) is -0.00445. The van der Waals surface area contributed by atoms with E-state index in [1.807, 2.05) is 0 Å². The number of benzene rings is 2. The van der Waals surface area contributed by atoms with Gasteiger partial charge < -0.3 is 14.6 Å². The molecule has 0 spiro atoms. The number of ether oxygens (including phenoxy) is 1. The molecule has 1 aromatic heterocycles. The van der Waals surface area contributed by atoms with Gasteiger partial charge in [-0.15, -0.1) is 0 Å². The molecule has 0 saturated heterocycles. The van der Waals surface area contributed by atoms with Crippen LogP contribution < -0.4 is 10.3 Å². The van der Waals surface area contributed by atoms with E-state index in [9.17, 15) is 19.7 Å². The number of aromatic amines is 1. The summed E-state index contributed by atoms with van der Waals surface area (Å²) in [7, 11) is 0. The standard InChI is InChI=1S/C19H18N4O5/c1-2-22(11-17-20-14-8-4-3-7-13(14)19(25)21-17)18(24)12-28-16-10-6-5-9-15(16)23(26)27/h3-10H,2,11-12H2,1H3,(H,20,21,25). The van der Waals surface area contributed by atoms with Crippen molar-refractivity contribution in [2.75, 3.05) is 13.2 Å². The van der Waals surface area contributed by atoms with Crippen molar-refractivity contribution >= 4 is 22.5 Å². The highest BCUT2D eigenvalue weighted by Crippen LogP contribution is 2.25. The number of hydrogen-bond donors (Lipinski definition) is 1. The molecule has 9 heteroatoms. The van der Waals surface area contributed by atoms with Gasteiger partial charge in [-0.3, -0.25) is 19.7 Å². The number of aromatic nitrogens is 2. The number of nitrogens with zero attached hydrogens (tertiary/aromatic N) is 3. The second-order valence-electron chi connectivity index (χ2n) is 5.95. The van der Waals surface area contributed by atoms with Gasteiger partial charge in [0.1, 0.15) is 5.82 Å². The van der Waals surface area contributed by atoms with Crippen LogP contribution in [0.3, 0.4) is 0 Å². The van der Waals surface area contributed by atoms with Crippen LogP contribution in [0.1, 0.15) is 12.7 Å². The van der Waals surface area contributed by atoms with Gasteiger partial charge in [0.25, 0.3) is 11.5 Å². The van der Waals surface area contributed by atoms with Crippen molar-refractivity contribution in [1.29, 1.82) is 0 Å². The van der Waals surface area contributed by atoms with Crippen molar-refractivity contribution in [3.05, 3.63) is 74.8 Å². The Labute approximate surface area is 159 Å². The minimum atomic E-state index is -0.568. The average molecular weight is 382 g/mol. The normalized spacial score (nSPS) is 10.6. The number of H-pyrrole nitrogens is 1. The highest BCUT2D eigenvalue weighted by molar-refractivity contribution is 5.78. The first kappa shape index (κ1) is 19.0. The first-order valence-corrected chi connectivity index (χ1v) is 8.61. The molecule has 0 aliphatic heterocycles. The molecule has 0 unspecified atom stereocenters. The van der Waals surface area contributed by atoms with Crippen LogP contribution in [0.5, 0.6) is 5.75 Å². The maximum Gasteiger partial charge on any atom is 0.310 e. The fourth-order valence-corrected chi connectivity index (χ4v) is 2.73. The number of amides is 1. The predicted molar refractivity (Wildman–Crippen MR) is 102 cm³/mol. The third kappa shape index (κ3) is 4.14. The van der Waals surface area contributed by atoms with Gasteiger partial charge in [0.15, 0.2) is 12.4 Å². The molecule has 0 bridgehead atoms. The number of likely N-dealkylation sites (N-methyl/N-ethyl adjacent to an activating group) is 1. The zero-order chi connectivity index (χ0) is 20.1. The molecule has 0 aliphatic rings. The van der Waals surface area contributed by atoms with E-state index in [2.05, 4.69) is 9.97 Å². The van der Waals surface area contributed by atoms with Gasteiger partial charge >= 0.3 is 5.69 Å². The number of fused-ring (bicyclic) bond motifs is 1. The lowest BCUT2D eigenvalue weighted by Gasteiger charge is -2.20. The molecule has 0 atom stereocenters. The molecule has 3 aromatic rings. The Balaban J connectivity index is 1.72. The summed E-state index contributed by atoms with van der Waals surface area (Å²) in [6.07, 6.45) is 0. The van der Waals surface area contributed by atoms with Gasteiger partial charge in [-0.2, -0.15) is 0 Å². The van der Waals surface area contributed by atoms with Gasteiger partial charge in [0.05, 0.1) is 22.4 Å². The van der Waals surface area contributed by atoms with E-state index >= 15 is 0 Å². The molecule has 1 heterocycles. The molecule has 0 aliphatic carbocycles. The number of para-hydroxylation sites is 3. The molecular formula is C19H18N4O5. The van der Waals surface area contributed by atoms with Crippen molar-refractivity contribution in [1.82, 2.24) is 14.9 Å². The van der Waals surface area contributed by atoms with Crippen LogP contribution in [-0.4, -0.2) is 38.8 Å². The van der Waals surface area contributed by atoms with Crippen molar-refractivity contribution in [2.45, 2.75) is 13.5 Å². The number of hydrogen-bond acceptors (Lipinski definition) is 6. The predicted octanol–water partition coefficient (Wildman–Crippen LogP) is 2.26. The number of nitro groups is 1. The summed E-state index contributed by atoms with van der Waals surface area (Å²) < 4.78 is 5.35. The van der Waals surface area contributed by atoms with E-state index in [1.165, 1.54) is 23.1 Å². The topological polar surface area (TPSA) is 118 Å². The van der Waals surface area contributed by atoms with Crippen molar-refractivity contribution in [3.63, 3.8) is 0 Å². The SMILES string of the molecule is CCN(Cc1nc2ccccc2c(=O)[nH]1)C(=O)COc1ccccc1[N+](=O)[O-]. The Morgan fingerprint density at radius 2 is 1.93 bits per heavy atom. The van der Waals surface area contributed by atoms with E-state index in [-0.39, 0.29) is 36.1 Å². The molecule has 1 N–H and O–H groups in total. The van der Waals surface area contributed by atoms with Crippen LogP contribution in [0.25, 0.3) is 10.9 Å². The fourth-order valence-electron chi connectivity index (χ4n) is 2.73. The Morgan fingerprint density at radius 3 is 2.68 bits per heavy atom. The van der Waals surface area contributed by atoms with Crippen molar-refractivity contribution in [3.8, 4) is 5.75 Å². The van der Waals surface area contributed by atoms with Crippen molar-refractivity contribution < 1.29 is 14.5 Å². The van der Waals surface area contributed by atoms with Crippen LogP contribution in [0, 0.1) is 10.1 Å². The minimum absolute atomic E-state index is 0.0224. The third-order valence-electron chi connectivity index (χ3n) is 4.15. The zero-order valence-corrected chi connectivity index (χ0v) is 15.1. The molecule has 3 rings (SSSR count). The number of rotatable bonds is 7. The molecule has 1 amide bonds. The first-order chi connectivity index (χ1) is 13.5. The molecule has 9 nitrogen and oxygen atoms in total. The smallest absolute Gasteiger partial charge is 0.310 e. The first-order valence-electron chi connectivity index (χ1n) is 8.61. The Hall–Kier alpha value is -3.75.